The number of fused-ring (bicyclic) bond motifs is 1. The first-order chi connectivity index (χ1) is 16.6. The van der Waals surface area contributed by atoms with Gasteiger partial charge in [-0.15, -0.1) is 0 Å². The molecule has 3 heterocycles. The molecule has 8 nitrogen and oxygen atoms in total. The minimum atomic E-state index is -3.89. The third-order valence-corrected chi connectivity index (χ3v) is 9.24. The third kappa shape index (κ3) is 4.10. The van der Waals surface area contributed by atoms with Crippen LogP contribution in [0.1, 0.15) is 53.6 Å². The molecule has 0 radical (unpaired) electrons. The highest BCUT2D eigenvalue weighted by molar-refractivity contribution is 7.89. The molecule has 0 N–H and O–H groups in total. The number of anilines is 1. The average Bonchev–Trinajstić information content (AvgIpc) is 3.23. The van der Waals surface area contributed by atoms with E-state index in [0.29, 0.717) is 42.8 Å². The van der Waals surface area contributed by atoms with Gasteiger partial charge in [-0.1, -0.05) is 6.07 Å². The van der Waals surface area contributed by atoms with Gasteiger partial charge in [0.15, 0.2) is 5.78 Å². The van der Waals surface area contributed by atoms with Crippen LogP contribution in [0.4, 0.5) is 5.69 Å². The first-order valence-electron chi connectivity index (χ1n) is 12.0. The number of methoxy groups -OCH3 is 1. The Kier molecular flexibility index (Phi) is 5.88. The normalized spacial score (nSPS) is 20.1. The van der Waals surface area contributed by atoms with Crippen LogP contribution < -0.4 is 14.4 Å². The summed E-state index contributed by atoms with van der Waals surface area (Å²) in [4.78, 5) is 26.9. The second-order valence-electron chi connectivity index (χ2n) is 9.73. The van der Waals surface area contributed by atoms with Crippen molar-refractivity contribution in [3.8, 4) is 11.5 Å². The molecule has 35 heavy (non-hydrogen) atoms. The highest BCUT2D eigenvalue weighted by atomic mass is 32.2. The number of ether oxygens (including phenoxy) is 2. The van der Waals surface area contributed by atoms with Crippen LogP contribution in [0.25, 0.3) is 0 Å². The van der Waals surface area contributed by atoms with E-state index < -0.39 is 15.6 Å². The summed E-state index contributed by atoms with van der Waals surface area (Å²) in [5, 5.41) is 0. The molecule has 186 valence electrons. The van der Waals surface area contributed by atoms with Crippen LogP contribution in [0, 0.1) is 13.8 Å². The van der Waals surface area contributed by atoms with E-state index in [9.17, 15) is 18.0 Å². The Balaban J connectivity index is 1.39. The van der Waals surface area contributed by atoms with Crippen molar-refractivity contribution in [3.63, 3.8) is 0 Å². The lowest BCUT2D eigenvalue weighted by atomic mass is 9.82. The number of ketones is 1. The number of benzene rings is 2. The number of hydrogen-bond acceptors (Lipinski definition) is 6. The Morgan fingerprint density at radius 2 is 1.77 bits per heavy atom. The topological polar surface area (TPSA) is 93.2 Å². The molecule has 3 aliphatic rings. The fraction of sp³-hybridized carbons (Fsp3) is 0.462. The number of carbonyl (C=O) groups excluding carboxylic acids is 2. The zero-order valence-electron chi connectivity index (χ0n) is 20.3. The predicted molar refractivity (Wildman–Crippen MR) is 131 cm³/mol. The molecule has 0 atom stereocenters. The molecular weight excluding hydrogens is 468 g/mol. The highest BCUT2D eigenvalue weighted by Gasteiger charge is 2.46. The van der Waals surface area contributed by atoms with Crippen molar-refractivity contribution in [1.82, 2.24) is 4.31 Å². The van der Waals surface area contributed by atoms with Crippen LogP contribution in [0.5, 0.6) is 11.5 Å². The SMILES string of the molecule is COc1ccc(N2CCCC2=O)cc1S(=O)(=O)N1CCC2(CC1)CC(=O)c1c(C)cc(C)cc1O2. The number of sulfonamides is 1. The molecule has 9 heteroatoms. The fourth-order valence-electron chi connectivity index (χ4n) is 5.52. The van der Waals surface area contributed by atoms with Gasteiger partial charge in [0.2, 0.25) is 15.9 Å². The summed E-state index contributed by atoms with van der Waals surface area (Å²) in [6, 6.07) is 8.72. The lowest BCUT2D eigenvalue weighted by Gasteiger charge is -2.43. The molecule has 0 unspecified atom stereocenters. The highest BCUT2D eigenvalue weighted by Crippen LogP contribution is 2.42. The number of nitrogens with zero attached hydrogens (tertiary/aromatic N) is 2. The summed E-state index contributed by atoms with van der Waals surface area (Å²) in [6.45, 7) is 4.91. The number of amides is 1. The molecule has 0 bridgehead atoms. The second kappa shape index (κ2) is 8.64. The van der Waals surface area contributed by atoms with E-state index >= 15 is 0 Å². The predicted octanol–water partition coefficient (Wildman–Crippen LogP) is 3.63. The van der Waals surface area contributed by atoms with Crippen LogP contribution in [0.3, 0.4) is 0 Å². The summed E-state index contributed by atoms with van der Waals surface area (Å²) in [7, 11) is -2.45. The number of aryl methyl sites for hydroxylation is 2. The zero-order valence-corrected chi connectivity index (χ0v) is 21.1. The molecule has 1 amide bonds. The summed E-state index contributed by atoms with van der Waals surface area (Å²) in [6.07, 6.45) is 2.28. The largest absolute Gasteiger partial charge is 0.495 e. The Morgan fingerprint density at radius 1 is 1.03 bits per heavy atom. The molecule has 0 aromatic heterocycles. The van der Waals surface area contributed by atoms with Gasteiger partial charge in [-0.05, 0) is 55.7 Å². The maximum absolute atomic E-state index is 13.7. The van der Waals surface area contributed by atoms with Gasteiger partial charge in [0.05, 0.1) is 19.1 Å². The van der Waals surface area contributed by atoms with E-state index in [0.717, 1.165) is 17.5 Å². The Bertz CT molecular complexity index is 1310. The zero-order chi connectivity index (χ0) is 25.0. The molecule has 2 aromatic rings. The molecule has 2 aromatic carbocycles. The summed E-state index contributed by atoms with van der Waals surface area (Å²) in [5.41, 5.74) is 2.42. The van der Waals surface area contributed by atoms with Crippen molar-refractivity contribution in [1.29, 1.82) is 0 Å². The minimum Gasteiger partial charge on any atom is -0.495 e. The number of hydrogen-bond donors (Lipinski definition) is 0. The molecule has 2 fully saturated rings. The summed E-state index contributed by atoms with van der Waals surface area (Å²) in [5.74, 6) is 0.873. The van der Waals surface area contributed by atoms with Gasteiger partial charge < -0.3 is 14.4 Å². The molecular formula is C26H30N2O6S. The summed E-state index contributed by atoms with van der Waals surface area (Å²) < 4.78 is 40.5. The van der Waals surface area contributed by atoms with Crippen molar-refractivity contribution in [2.75, 3.05) is 31.6 Å². The molecule has 0 aliphatic carbocycles. The standard InChI is InChI=1S/C26H30N2O6S/c1-17-13-18(2)25-20(29)16-26(34-22(25)14-17)8-11-27(12-9-26)35(31,32)23-15-19(6-7-21(23)33-3)28-10-4-5-24(28)30/h6-7,13-15H,4-5,8-12,16H2,1-3H3. The minimum absolute atomic E-state index is 0.0108. The van der Waals surface area contributed by atoms with Crippen LogP contribution >= 0.6 is 0 Å². The van der Waals surface area contributed by atoms with Crippen molar-refractivity contribution in [2.24, 2.45) is 0 Å². The van der Waals surface area contributed by atoms with E-state index in [2.05, 4.69) is 0 Å². The van der Waals surface area contributed by atoms with E-state index in [4.69, 9.17) is 9.47 Å². The maximum atomic E-state index is 13.7. The van der Waals surface area contributed by atoms with Gasteiger partial charge in [-0.3, -0.25) is 9.59 Å². The average molecular weight is 499 g/mol. The van der Waals surface area contributed by atoms with Crippen LogP contribution in [0.2, 0.25) is 0 Å². The number of carbonyl (C=O) groups is 2. The van der Waals surface area contributed by atoms with Crippen molar-refractivity contribution in [2.45, 2.75) is 56.4 Å². The van der Waals surface area contributed by atoms with Crippen LogP contribution in [-0.2, 0) is 14.8 Å². The summed E-state index contributed by atoms with van der Waals surface area (Å²) >= 11 is 0. The van der Waals surface area contributed by atoms with Gasteiger partial charge in [0.25, 0.3) is 0 Å². The molecule has 2 saturated heterocycles. The van der Waals surface area contributed by atoms with Crippen molar-refractivity contribution < 1.29 is 27.5 Å². The van der Waals surface area contributed by atoms with Gasteiger partial charge in [-0.25, -0.2) is 8.42 Å². The van der Waals surface area contributed by atoms with Crippen LogP contribution in [0.15, 0.2) is 35.2 Å². The van der Waals surface area contributed by atoms with E-state index in [1.165, 1.54) is 17.5 Å². The number of piperidine rings is 1. The van der Waals surface area contributed by atoms with Crippen LogP contribution in [-0.4, -0.2) is 56.8 Å². The second-order valence-corrected chi connectivity index (χ2v) is 11.6. The maximum Gasteiger partial charge on any atom is 0.246 e. The molecule has 1 spiro atoms. The van der Waals surface area contributed by atoms with Gasteiger partial charge in [-0.2, -0.15) is 4.31 Å². The lowest BCUT2D eigenvalue weighted by molar-refractivity contribution is -0.117. The van der Waals surface area contributed by atoms with Gasteiger partial charge in [0, 0.05) is 44.6 Å². The van der Waals surface area contributed by atoms with E-state index in [1.807, 2.05) is 26.0 Å². The van der Waals surface area contributed by atoms with E-state index in [1.54, 1.807) is 17.0 Å². The van der Waals surface area contributed by atoms with Gasteiger partial charge in [0.1, 0.15) is 22.0 Å². The monoisotopic (exact) mass is 498 g/mol. The Morgan fingerprint density at radius 3 is 2.43 bits per heavy atom. The molecule has 0 saturated carbocycles. The quantitative estimate of drug-likeness (QED) is 0.639. The smallest absolute Gasteiger partial charge is 0.246 e. The molecule has 3 aliphatic heterocycles. The van der Waals surface area contributed by atoms with Crippen molar-refractivity contribution in [3.05, 3.63) is 47.0 Å². The third-order valence-electron chi connectivity index (χ3n) is 7.32. The van der Waals surface area contributed by atoms with E-state index in [-0.39, 0.29) is 41.8 Å². The Labute approximate surface area is 205 Å². The Hall–Kier alpha value is -2.91. The first-order valence-corrected chi connectivity index (χ1v) is 13.4. The number of rotatable bonds is 4. The number of Topliss-reactive ketones (excluding diaryl/α,β-unsaturated/α-hetero) is 1. The molecule has 5 rings (SSSR count). The first kappa shape index (κ1) is 23.8. The lowest BCUT2D eigenvalue weighted by Crippen LogP contribution is -2.52. The van der Waals surface area contributed by atoms with Gasteiger partial charge >= 0.3 is 0 Å². The fourth-order valence-corrected chi connectivity index (χ4v) is 7.14. The van der Waals surface area contributed by atoms with Crippen molar-refractivity contribution >= 4 is 27.4 Å².